The van der Waals surface area contributed by atoms with E-state index in [-0.39, 0.29) is 11.5 Å². The molecule has 3 aromatic heterocycles. The highest BCUT2D eigenvalue weighted by Crippen LogP contribution is 2.34. The third-order valence-corrected chi connectivity index (χ3v) is 8.24. The van der Waals surface area contributed by atoms with Crippen LogP contribution in [-0.2, 0) is 23.4 Å². The summed E-state index contributed by atoms with van der Waals surface area (Å²) in [4.78, 5) is 38.7. The molecular weight excluding hydrogens is 450 g/mol. The number of aryl methyl sites for hydroxylation is 2. The molecule has 1 amide bonds. The van der Waals surface area contributed by atoms with Gasteiger partial charge in [-0.15, -0.1) is 23.1 Å². The first-order valence-corrected chi connectivity index (χ1v) is 12.9. The number of nitrogens with zero attached hydrogens (tertiary/aromatic N) is 2. The molecule has 3 heterocycles. The molecule has 0 fully saturated rings. The van der Waals surface area contributed by atoms with Crippen molar-refractivity contribution in [2.24, 2.45) is 0 Å². The summed E-state index contributed by atoms with van der Waals surface area (Å²) in [6.07, 6.45) is 3.15. The van der Waals surface area contributed by atoms with Gasteiger partial charge in [0.15, 0.2) is 5.13 Å². The number of aromatic nitrogens is 3. The highest BCUT2D eigenvalue weighted by atomic mass is 32.2. The van der Waals surface area contributed by atoms with Crippen LogP contribution in [0.5, 0.6) is 0 Å². The number of anilines is 1. The second-order valence-corrected chi connectivity index (χ2v) is 10.4. The minimum Gasteiger partial charge on any atom is -0.360 e. The van der Waals surface area contributed by atoms with Crippen molar-refractivity contribution in [1.82, 2.24) is 20.3 Å². The highest BCUT2D eigenvalue weighted by Gasteiger charge is 2.21. The van der Waals surface area contributed by atoms with Crippen LogP contribution in [0.25, 0.3) is 20.4 Å². The minimum absolute atomic E-state index is 0.0328. The van der Waals surface area contributed by atoms with E-state index in [1.165, 1.54) is 22.2 Å². The number of para-hydroxylation sites is 1. The fourth-order valence-corrected chi connectivity index (χ4v) is 6.62. The molecule has 0 radical (unpaired) electrons. The molecule has 0 unspecified atom stereocenters. The number of carbonyl (C=O) groups is 1. The Kier molecular flexibility index (Phi) is 5.93. The van der Waals surface area contributed by atoms with Gasteiger partial charge in [-0.05, 0) is 37.0 Å². The van der Waals surface area contributed by atoms with Gasteiger partial charge in [-0.2, -0.15) is 0 Å². The summed E-state index contributed by atoms with van der Waals surface area (Å²) in [5, 5.41) is 7.78. The van der Waals surface area contributed by atoms with Crippen LogP contribution in [0.2, 0.25) is 0 Å². The SMILES string of the molecule is O=C(CSCc1nc2sc3c(c2c(=O)[nH]1)CCC3)NCCNc1nc2ccccc2s1. The average molecular weight is 472 g/mol. The Balaban J connectivity index is 1.07. The number of nitrogens with one attached hydrogen (secondary N) is 3. The van der Waals surface area contributed by atoms with E-state index < -0.39 is 0 Å². The summed E-state index contributed by atoms with van der Waals surface area (Å²) >= 11 is 4.69. The van der Waals surface area contributed by atoms with Crippen LogP contribution < -0.4 is 16.2 Å². The van der Waals surface area contributed by atoms with Crippen LogP contribution in [0.3, 0.4) is 0 Å². The average Bonchev–Trinajstić information content (AvgIpc) is 3.44. The molecule has 31 heavy (non-hydrogen) atoms. The molecule has 0 bridgehead atoms. The fourth-order valence-electron chi connectivity index (χ4n) is 3.73. The maximum atomic E-state index is 12.5. The zero-order valence-corrected chi connectivity index (χ0v) is 19.1. The van der Waals surface area contributed by atoms with Gasteiger partial charge in [0.25, 0.3) is 5.56 Å². The molecule has 0 spiro atoms. The Morgan fingerprint density at radius 2 is 2.06 bits per heavy atom. The topological polar surface area (TPSA) is 99.8 Å². The molecule has 4 aromatic rings. The molecular formula is C21H21N5O2S3. The Hall–Kier alpha value is -2.43. The van der Waals surface area contributed by atoms with E-state index in [0.717, 1.165) is 44.8 Å². The number of amides is 1. The van der Waals surface area contributed by atoms with Gasteiger partial charge in [0.1, 0.15) is 10.7 Å². The summed E-state index contributed by atoms with van der Waals surface area (Å²) in [5.74, 6) is 1.43. The molecule has 7 nitrogen and oxygen atoms in total. The van der Waals surface area contributed by atoms with Gasteiger partial charge in [0.05, 0.1) is 27.1 Å². The largest absolute Gasteiger partial charge is 0.360 e. The van der Waals surface area contributed by atoms with Crippen LogP contribution >= 0.6 is 34.4 Å². The van der Waals surface area contributed by atoms with E-state index in [2.05, 4.69) is 25.6 Å². The molecule has 10 heteroatoms. The normalized spacial score (nSPS) is 13.0. The van der Waals surface area contributed by atoms with E-state index in [1.54, 1.807) is 22.7 Å². The number of thiazole rings is 1. The number of hydrogen-bond donors (Lipinski definition) is 3. The third-order valence-electron chi connectivity index (χ3n) is 5.11. The first kappa shape index (κ1) is 20.5. The van der Waals surface area contributed by atoms with Crippen molar-refractivity contribution in [3.63, 3.8) is 0 Å². The highest BCUT2D eigenvalue weighted by molar-refractivity contribution is 7.99. The molecule has 5 rings (SSSR count). The Bertz CT molecular complexity index is 1280. The molecule has 0 saturated carbocycles. The Morgan fingerprint density at radius 3 is 2.97 bits per heavy atom. The number of thioether (sulfide) groups is 1. The predicted octanol–water partition coefficient (Wildman–Crippen LogP) is 3.54. The smallest absolute Gasteiger partial charge is 0.259 e. The number of thiophene rings is 1. The van der Waals surface area contributed by atoms with E-state index >= 15 is 0 Å². The Morgan fingerprint density at radius 1 is 1.16 bits per heavy atom. The lowest BCUT2D eigenvalue weighted by atomic mass is 10.2. The molecule has 3 N–H and O–H groups in total. The monoisotopic (exact) mass is 471 g/mol. The van der Waals surface area contributed by atoms with Gasteiger partial charge in [-0.25, -0.2) is 9.97 Å². The van der Waals surface area contributed by atoms with Crippen molar-refractivity contribution in [2.45, 2.75) is 25.0 Å². The predicted molar refractivity (Wildman–Crippen MR) is 130 cm³/mol. The van der Waals surface area contributed by atoms with Gasteiger partial charge in [0.2, 0.25) is 5.91 Å². The first-order valence-electron chi connectivity index (χ1n) is 10.1. The molecule has 0 atom stereocenters. The van der Waals surface area contributed by atoms with Gasteiger partial charge < -0.3 is 15.6 Å². The van der Waals surface area contributed by atoms with Crippen LogP contribution in [-0.4, -0.2) is 39.7 Å². The van der Waals surface area contributed by atoms with Gasteiger partial charge in [0, 0.05) is 18.0 Å². The van der Waals surface area contributed by atoms with Gasteiger partial charge in [-0.1, -0.05) is 23.5 Å². The fraction of sp³-hybridized carbons (Fsp3) is 0.333. The van der Waals surface area contributed by atoms with Crippen LogP contribution in [0.15, 0.2) is 29.1 Å². The van der Waals surface area contributed by atoms with Gasteiger partial charge in [-0.3, -0.25) is 9.59 Å². The lowest BCUT2D eigenvalue weighted by molar-refractivity contribution is -0.118. The number of rotatable bonds is 8. The summed E-state index contributed by atoms with van der Waals surface area (Å²) in [7, 11) is 0. The maximum absolute atomic E-state index is 12.5. The Labute approximate surface area is 190 Å². The number of H-pyrrole nitrogens is 1. The first-order chi connectivity index (χ1) is 15.2. The summed E-state index contributed by atoms with van der Waals surface area (Å²) in [5.41, 5.74) is 2.12. The zero-order chi connectivity index (χ0) is 21.2. The van der Waals surface area contributed by atoms with Crippen molar-refractivity contribution >= 4 is 65.9 Å². The second kappa shape index (κ2) is 8.97. The van der Waals surface area contributed by atoms with Crippen molar-refractivity contribution in [3.8, 4) is 0 Å². The number of carbonyl (C=O) groups excluding carboxylic acids is 1. The second-order valence-electron chi connectivity index (χ2n) is 7.31. The lowest BCUT2D eigenvalue weighted by Crippen LogP contribution is -2.30. The standard InChI is InChI=1S/C21H21N5O2S3/c27-17(22-8-9-23-21-24-13-5-1-2-6-15(13)31-21)11-29-10-16-25-19(28)18-12-4-3-7-14(12)30-20(18)26-16/h1-2,5-6H,3-4,7-11H2,(H,22,27)(H,23,24)(H,25,26,28). The number of hydrogen-bond acceptors (Lipinski definition) is 8. The molecule has 160 valence electrons. The zero-order valence-electron chi connectivity index (χ0n) is 16.7. The van der Waals surface area contributed by atoms with E-state index in [4.69, 9.17) is 0 Å². The molecule has 1 aliphatic rings. The van der Waals surface area contributed by atoms with Crippen LogP contribution in [0.4, 0.5) is 5.13 Å². The van der Waals surface area contributed by atoms with Crippen molar-refractivity contribution in [3.05, 3.63) is 50.9 Å². The van der Waals surface area contributed by atoms with E-state index in [1.807, 2.05) is 24.3 Å². The lowest BCUT2D eigenvalue weighted by Gasteiger charge is -2.06. The van der Waals surface area contributed by atoms with Crippen LogP contribution in [0.1, 0.15) is 22.7 Å². The quantitative estimate of drug-likeness (QED) is 0.340. The third kappa shape index (κ3) is 4.46. The van der Waals surface area contributed by atoms with Crippen molar-refractivity contribution in [2.75, 3.05) is 24.2 Å². The van der Waals surface area contributed by atoms with Crippen molar-refractivity contribution < 1.29 is 4.79 Å². The summed E-state index contributed by atoms with van der Waals surface area (Å²) < 4.78 is 1.14. The molecule has 1 aromatic carbocycles. The molecule has 0 aliphatic heterocycles. The van der Waals surface area contributed by atoms with Crippen LogP contribution in [0, 0.1) is 0 Å². The maximum Gasteiger partial charge on any atom is 0.259 e. The van der Waals surface area contributed by atoms with Gasteiger partial charge >= 0.3 is 0 Å². The number of aromatic amines is 1. The minimum atomic E-state index is -0.0506. The number of benzene rings is 1. The molecule has 0 saturated heterocycles. The molecule has 1 aliphatic carbocycles. The summed E-state index contributed by atoms with van der Waals surface area (Å²) in [6, 6.07) is 8.00. The van der Waals surface area contributed by atoms with Crippen molar-refractivity contribution in [1.29, 1.82) is 0 Å². The van der Waals surface area contributed by atoms with E-state index in [9.17, 15) is 9.59 Å². The summed E-state index contributed by atoms with van der Waals surface area (Å²) in [6.45, 7) is 1.14. The van der Waals surface area contributed by atoms with E-state index in [0.29, 0.717) is 30.4 Å². The number of fused-ring (bicyclic) bond motifs is 4.